The molecule has 0 aromatic heterocycles. The fraction of sp³-hybridized carbons (Fsp3) is 0.462. The van der Waals surface area contributed by atoms with Gasteiger partial charge in [-0.05, 0) is 37.6 Å². The maximum atomic E-state index is 11.6. The van der Waals surface area contributed by atoms with Crippen LogP contribution < -0.4 is 5.32 Å². The first-order chi connectivity index (χ1) is 8.11. The van der Waals surface area contributed by atoms with Gasteiger partial charge in [-0.2, -0.15) is 0 Å². The second-order valence-electron chi connectivity index (χ2n) is 4.00. The Morgan fingerprint density at radius 3 is 2.65 bits per heavy atom. The largest absolute Gasteiger partial charge is 0.353 e. The molecule has 0 saturated heterocycles. The molecule has 0 bridgehead atoms. The topological polar surface area (TPSA) is 29.1 Å². The highest BCUT2D eigenvalue weighted by atomic mass is 35.5. The first-order valence-corrected chi connectivity index (χ1v) is 7.16. The molecule has 0 aliphatic carbocycles. The van der Waals surface area contributed by atoms with Crippen LogP contribution >= 0.6 is 23.4 Å². The number of nitrogens with one attached hydrogen (secondary N) is 1. The molecule has 0 unspecified atom stereocenters. The molecule has 1 aromatic carbocycles. The molecule has 0 fully saturated rings. The molecular formula is C13H18ClNOS. The number of carbonyl (C=O) groups excluding carboxylic acids is 1. The zero-order valence-electron chi connectivity index (χ0n) is 10.2. The summed E-state index contributed by atoms with van der Waals surface area (Å²) in [5.41, 5.74) is 0. The first-order valence-electron chi connectivity index (χ1n) is 5.79. The molecule has 1 N–H and O–H groups in total. The van der Waals surface area contributed by atoms with Gasteiger partial charge in [-0.1, -0.05) is 24.9 Å². The van der Waals surface area contributed by atoms with Crippen molar-refractivity contribution in [2.24, 2.45) is 0 Å². The van der Waals surface area contributed by atoms with Crippen molar-refractivity contribution in [1.29, 1.82) is 0 Å². The Morgan fingerprint density at radius 1 is 1.41 bits per heavy atom. The number of benzene rings is 1. The van der Waals surface area contributed by atoms with Crippen LogP contribution in [0.15, 0.2) is 29.2 Å². The molecule has 0 aliphatic rings. The number of hydrogen-bond donors (Lipinski definition) is 1. The summed E-state index contributed by atoms with van der Waals surface area (Å²) in [6.45, 7) is 4.15. The van der Waals surface area contributed by atoms with E-state index in [4.69, 9.17) is 11.6 Å². The van der Waals surface area contributed by atoms with E-state index >= 15 is 0 Å². The predicted molar refractivity (Wildman–Crippen MR) is 74.7 cm³/mol. The normalized spacial score (nSPS) is 12.2. The van der Waals surface area contributed by atoms with Gasteiger partial charge < -0.3 is 5.32 Å². The van der Waals surface area contributed by atoms with Crippen molar-refractivity contribution in [3.05, 3.63) is 29.3 Å². The first kappa shape index (κ1) is 14.4. The van der Waals surface area contributed by atoms with Crippen LogP contribution in [0.4, 0.5) is 0 Å². The zero-order chi connectivity index (χ0) is 12.7. The van der Waals surface area contributed by atoms with Gasteiger partial charge in [-0.15, -0.1) is 11.8 Å². The summed E-state index contributed by atoms with van der Waals surface area (Å²) >= 11 is 7.32. The predicted octanol–water partition coefficient (Wildman–Crippen LogP) is 3.74. The Kier molecular flexibility index (Phi) is 6.45. The number of hydrogen-bond acceptors (Lipinski definition) is 2. The maximum absolute atomic E-state index is 11.6. The molecular weight excluding hydrogens is 254 g/mol. The van der Waals surface area contributed by atoms with E-state index in [1.54, 1.807) is 0 Å². The van der Waals surface area contributed by atoms with Crippen LogP contribution in [0.3, 0.4) is 0 Å². The van der Waals surface area contributed by atoms with Gasteiger partial charge in [0.15, 0.2) is 0 Å². The lowest BCUT2D eigenvalue weighted by atomic mass is 10.2. The summed E-state index contributed by atoms with van der Waals surface area (Å²) < 4.78 is 0. The number of carbonyl (C=O) groups is 1. The van der Waals surface area contributed by atoms with Crippen LogP contribution in [0.5, 0.6) is 0 Å². The molecule has 0 radical (unpaired) electrons. The summed E-state index contributed by atoms with van der Waals surface area (Å²) in [5, 5.41) is 3.69. The third kappa shape index (κ3) is 5.99. The standard InChI is InChI=1S/C13H18ClNOS/c1-3-4-10(2)15-13(16)9-17-12-7-5-11(14)6-8-12/h5-8,10H,3-4,9H2,1-2H3,(H,15,16)/t10-/m1/s1. The maximum Gasteiger partial charge on any atom is 0.230 e. The average Bonchev–Trinajstić information content (AvgIpc) is 2.28. The number of amides is 1. The van der Waals surface area contributed by atoms with Crippen molar-refractivity contribution in [1.82, 2.24) is 5.32 Å². The molecule has 1 rings (SSSR count). The molecule has 4 heteroatoms. The highest BCUT2D eigenvalue weighted by molar-refractivity contribution is 8.00. The quantitative estimate of drug-likeness (QED) is 0.799. The second-order valence-corrected chi connectivity index (χ2v) is 5.49. The second kappa shape index (κ2) is 7.62. The molecule has 1 amide bonds. The minimum Gasteiger partial charge on any atom is -0.353 e. The van der Waals surface area contributed by atoms with Crippen LogP contribution in [0.1, 0.15) is 26.7 Å². The van der Waals surface area contributed by atoms with Gasteiger partial charge in [0.1, 0.15) is 0 Å². The van der Waals surface area contributed by atoms with Gasteiger partial charge in [0.2, 0.25) is 5.91 Å². The lowest BCUT2D eigenvalue weighted by Crippen LogP contribution is -2.33. The van der Waals surface area contributed by atoms with Gasteiger partial charge in [-0.3, -0.25) is 4.79 Å². The van der Waals surface area contributed by atoms with Gasteiger partial charge in [0.25, 0.3) is 0 Å². The molecule has 0 heterocycles. The average molecular weight is 272 g/mol. The third-order valence-corrected chi connectivity index (χ3v) is 3.58. The van der Waals surface area contributed by atoms with Gasteiger partial charge in [-0.25, -0.2) is 0 Å². The van der Waals surface area contributed by atoms with Crippen LogP contribution in [-0.2, 0) is 4.79 Å². The fourth-order valence-corrected chi connectivity index (χ4v) is 2.34. The summed E-state index contributed by atoms with van der Waals surface area (Å²) in [5.74, 6) is 0.543. The molecule has 0 aliphatic heterocycles. The van der Waals surface area contributed by atoms with Crippen LogP contribution in [0, 0.1) is 0 Å². The number of rotatable bonds is 6. The number of halogens is 1. The summed E-state index contributed by atoms with van der Waals surface area (Å²) in [4.78, 5) is 12.7. The van der Waals surface area contributed by atoms with Crippen molar-refractivity contribution in [2.45, 2.75) is 37.6 Å². The van der Waals surface area contributed by atoms with Crippen LogP contribution in [0.2, 0.25) is 5.02 Å². The van der Waals surface area contributed by atoms with Crippen molar-refractivity contribution < 1.29 is 4.79 Å². The minimum atomic E-state index is 0.0888. The van der Waals surface area contributed by atoms with E-state index in [9.17, 15) is 4.79 Å². The SMILES string of the molecule is CCC[C@@H](C)NC(=O)CSc1ccc(Cl)cc1. The molecule has 2 nitrogen and oxygen atoms in total. The van der Waals surface area contributed by atoms with Gasteiger partial charge in [0, 0.05) is 16.0 Å². The van der Waals surface area contributed by atoms with Crippen molar-refractivity contribution in [3.8, 4) is 0 Å². The van der Waals surface area contributed by atoms with E-state index in [2.05, 4.69) is 12.2 Å². The minimum absolute atomic E-state index is 0.0888. The summed E-state index contributed by atoms with van der Waals surface area (Å²) in [7, 11) is 0. The fourth-order valence-electron chi connectivity index (χ4n) is 1.50. The highest BCUT2D eigenvalue weighted by Gasteiger charge is 2.06. The van der Waals surface area contributed by atoms with Crippen LogP contribution in [0.25, 0.3) is 0 Å². The lowest BCUT2D eigenvalue weighted by Gasteiger charge is -2.12. The zero-order valence-corrected chi connectivity index (χ0v) is 11.8. The number of thioether (sulfide) groups is 1. The van der Waals surface area contributed by atoms with E-state index in [1.165, 1.54) is 11.8 Å². The Hall–Kier alpha value is -0.670. The Morgan fingerprint density at radius 2 is 2.06 bits per heavy atom. The van der Waals surface area contributed by atoms with E-state index in [0.717, 1.165) is 22.8 Å². The Bertz CT molecular complexity index is 353. The molecule has 0 spiro atoms. The third-order valence-electron chi connectivity index (χ3n) is 2.31. The van der Waals surface area contributed by atoms with Crippen molar-refractivity contribution >= 4 is 29.3 Å². The molecule has 1 atom stereocenters. The monoisotopic (exact) mass is 271 g/mol. The smallest absolute Gasteiger partial charge is 0.230 e. The van der Waals surface area contributed by atoms with Crippen molar-refractivity contribution in [3.63, 3.8) is 0 Å². The molecule has 1 aromatic rings. The lowest BCUT2D eigenvalue weighted by molar-refractivity contribution is -0.119. The highest BCUT2D eigenvalue weighted by Crippen LogP contribution is 2.19. The Balaban J connectivity index is 2.30. The van der Waals surface area contributed by atoms with Crippen molar-refractivity contribution in [2.75, 3.05) is 5.75 Å². The van der Waals surface area contributed by atoms with E-state index < -0.39 is 0 Å². The summed E-state index contributed by atoms with van der Waals surface area (Å²) in [6.07, 6.45) is 2.11. The molecule has 94 valence electrons. The van der Waals surface area contributed by atoms with Gasteiger partial charge >= 0.3 is 0 Å². The molecule has 0 saturated carbocycles. The van der Waals surface area contributed by atoms with E-state index in [1.807, 2.05) is 31.2 Å². The van der Waals surface area contributed by atoms with Crippen LogP contribution in [-0.4, -0.2) is 17.7 Å². The summed E-state index contributed by atoms with van der Waals surface area (Å²) in [6, 6.07) is 7.78. The molecule has 17 heavy (non-hydrogen) atoms. The van der Waals surface area contributed by atoms with E-state index in [0.29, 0.717) is 5.75 Å². The van der Waals surface area contributed by atoms with Gasteiger partial charge in [0.05, 0.1) is 5.75 Å². The Labute approximate surface area is 112 Å². The van der Waals surface area contributed by atoms with E-state index in [-0.39, 0.29) is 11.9 Å².